The first-order valence-corrected chi connectivity index (χ1v) is 10.4. The molecule has 2 aromatic rings. The van der Waals surface area contributed by atoms with Crippen LogP contribution in [0.4, 0.5) is 5.69 Å². The number of nitrogens with one attached hydrogen (secondary N) is 1. The summed E-state index contributed by atoms with van der Waals surface area (Å²) in [6, 6.07) is 0. The lowest BCUT2D eigenvalue weighted by Crippen LogP contribution is -2.54. The monoisotopic (exact) mass is 431 g/mol. The van der Waals surface area contributed by atoms with Crippen LogP contribution in [0.5, 0.6) is 0 Å². The van der Waals surface area contributed by atoms with Gasteiger partial charge in [0.05, 0.1) is 11.9 Å². The highest BCUT2D eigenvalue weighted by Gasteiger charge is 2.31. The van der Waals surface area contributed by atoms with Gasteiger partial charge in [-0.3, -0.25) is 19.1 Å². The van der Waals surface area contributed by atoms with Crippen LogP contribution in [0, 0.1) is 5.41 Å². The maximum atomic E-state index is 12.1. The lowest BCUT2D eigenvalue weighted by atomic mass is 9.92. The molecule has 0 unspecified atom stereocenters. The van der Waals surface area contributed by atoms with Gasteiger partial charge in [0, 0.05) is 45.2 Å². The van der Waals surface area contributed by atoms with Crippen molar-refractivity contribution in [3.05, 3.63) is 24.1 Å². The second-order valence-corrected chi connectivity index (χ2v) is 8.74. The Morgan fingerprint density at radius 3 is 2.61 bits per heavy atom. The van der Waals surface area contributed by atoms with Gasteiger partial charge in [-0.25, -0.2) is 0 Å². The van der Waals surface area contributed by atoms with E-state index in [1.807, 2.05) is 27.7 Å². The van der Waals surface area contributed by atoms with Crippen molar-refractivity contribution >= 4 is 23.4 Å². The van der Waals surface area contributed by atoms with Gasteiger partial charge in [-0.2, -0.15) is 10.1 Å². The topological polar surface area (TPSA) is 126 Å². The van der Waals surface area contributed by atoms with Crippen molar-refractivity contribution < 1.29 is 18.9 Å². The van der Waals surface area contributed by atoms with Crippen LogP contribution >= 0.6 is 0 Å². The Bertz CT molecular complexity index is 943. The fraction of sp³-hybridized carbons (Fsp3) is 0.600. The Morgan fingerprint density at radius 2 is 1.90 bits per heavy atom. The number of rotatable bonds is 8. The number of anilines is 1. The van der Waals surface area contributed by atoms with E-state index in [9.17, 15) is 14.4 Å². The zero-order valence-corrected chi connectivity index (χ0v) is 18.4. The Labute approximate surface area is 180 Å². The summed E-state index contributed by atoms with van der Waals surface area (Å²) in [4.78, 5) is 43.5. The molecule has 168 valence electrons. The molecule has 0 spiro atoms. The van der Waals surface area contributed by atoms with Gasteiger partial charge in [-0.05, 0) is 12.3 Å². The molecular formula is C20H29N7O4. The largest absolute Gasteiger partial charge is 0.337 e. The summed E-state index contributed by atoms with van der Waals surface area (Å²) in [7, 11) is 0. The van der Waals surface area contributed by atoms with Gasteiger partial charge in [0.15, 0.2) is 5.82 Å². The van der Waals surface area contributed by atoms with Crippen LogP contribution < -0.4 is 5.32 Å². The Morgan fingerprint density at radius 1 is 1.19 bits per heavy atom. The highest BCUT2D eigenvalue weighted by Crippen LogP contribution is 2.19. The third kappa shape index (κ3) is 6.12. The number of aromatic nitrogens is 4. The Hall–Kier alpha value is -3.24. The van der Waals surface area contributed by atoms with Crippen molar-refractivity contribution in [3.63, 3.8) is 0 Å². The number of hydrogen-bond donors (Lipinski definition) is 1. The molecule has 3 heterocycles. The SMILES string of the molecule is CCN1CCN(CCc2noc(Cn3cc(NC(=O)CC(C)(C)C)cn3)n2)C(=O)C1=O. The first kappa shape index (κ1) is 22.4. The predicted octanol–water partition coefficient (Wildman–Crippen LogP) is 0.922. The first-order valence-electron chi connectivity index (χ1n) is 10.4. The lowest BCUT2D eigenvalue weighted by molar-refractivity contribution is -0.155. The molecule has 1 N–H and O–H groups in total. The number of nitrogens with zero attached hydrogens (tertiary/aromatic N) is 6. The molecular weight excluding hydrogens is 402 g/mol. The van der Waals surface area contributed by atoms with E-state index in [0.717, 1.165) is 0 Å². The average molecular weight is 431 g/mol. The van der Waals surface area contributed by atoms with E-state index >= 15 is 0 Å². The van der Waals surface area contributed by atoms with Crippen molar-refractivity contribution in [1.82, 2.24) is 29.7 Å². The van der Waals surface area contributed by atoms with Crippen LogP contribution in [-0.2, 0) is 27.3 Å². The quantitative estimate of drug-likeness (QED) is 0.616. The molecule has 3 amide bonds. The number of piperazine rings is 1. The summed E-state index contributed by atoms with van der Waals surface area (Å²) in [5, 5.41) is 11.0. The van der Waals surface area contributed by atoms with Crippen LogP contribution in [0.1, 0.15) is 45.8 Å². The maximum Gasteiger partial charge on any atom is 0.312 e. The number of amides is 3. The number of carbonyl (C=O) groups is 3. The van der Waals surface area contributed by atoms with Crippen molar-refractivity contribution in [2.75, 3.05) is 31.5 Å². The van der Waals surface area contributed by atoms with Gasteiger partial charge >= 0.3 is 11.8 Å². The summed E-state index contributed by atoms with van der Waals surface area (Å²) in [5.74, 6) is -0.205. The minimum atomic E-state index is -0.491. The molecule has 1 saturated heterocycles. The van der Waals surface area contributed by atoms with Crippen molar-refractivity contribution in [2.24, 2.45) is 5.41 Å². The summed E-state index contributed by atoms with van der Waals surface area (Å²) in [6.07, 6.45) is 4.06. The van der Waals surface area contributed by atoms with E-state index < -0.39 is 11.8 Å². The average Bonchev–Trinajstić information content (AvgIpc) is 3.31. The van der Waals surface area contributed by atoms with E-state index in [-0.39, 0.29) is 17.9 Å². The highest BCUT2D eigenvalue weighted by molar-refractivity contribution is 6.35. The molecule has 0 saturated carbocycles. The Balaban J connectivity index is 1.49. The minimum Gasteiger partial charge on any atom is -0.337 e. The first-order chi connectivity index (χ1) is 14.6. The molecule has 11 heteroatoms. The van der Waals surface area contributed by atoms with E-state index in [2.05, 4.69) is 20.6 Å². The fourth-order valence-electron chi connectivity index (χ4n) is 3.26. The Kier molecular flexibility index (Phi) is 6.71. The van der Waals surface area contributed by atoms with E-state index in [0.29, 0.717) is 56.4 Å². The molecule has 0 bridgehead atoms. The third-order valence-corrected chi connectivity index (χ3v) is 4.80. The molecule has 1 fully saturated rings. The molecule has 0 radical (unpaired) electrons. The van der Waals surface area contributed by atoms with Gasteiger partial charge in [0.1, 0.15) is 6.54 Å². The lowest BCUT2D eigenvalue weighted by Gasteiger charge is -2.32. The van der Waals surface area contributed by atoms with E-state index in [1.54, 1.807) is 17.1 Å². The van der Waals surface area contributed by atoms with Gasteiger partial charge in [0.25, 0.3) is 0 Å². The molecule has 2 aromatic heterocycles. The zero-order chi connectivity index (χ0) is 22.6. The van der Waals surface area contributed by atoms with Gasteiger partial charge in [-0.15, -0.1) is 0 Å². The molecule has 11 nitrogen and oxygen atoms in total. The maximum absolute atomic E-state index is 12.1. The van der Waals surface area contributed by atoms with Crippen LogP contribution in [-0.4, -0.2) is 73.6 Å². The smallest absolute Gasteiger partial charge is 0.312 e. The molecule has 1 aliphatic rings. The van der Waals surface area contributed by atoms with Crippen molar-refractivity contribution in [3.8, 4) is 0 Å². The number of carbonyl (C=O) groups excluding carboxylic acids is 3. The number of hydrogen-bond acceptors (Lipinski definition) is 7. The van der Waals surface area contributed by atoms with Crippen molar-refractivity contribution in [1.29, 1.82) is 0 Å². The molecule has 0 atom stereocenters. The molecule has 31 heavy (non-hydrogen) atoms. The summed E-state index contributed by atoms with van der Waals surface area (Å²) in [5.41, 5.74) is 0.505. The number of likely N-dealkylation sites (N-methyl/N-ethyl adjacent to an activating group) is 1. The second kappa shape index (κ2) is 9.27. The predicted molar refractivity (Wildman–Crippen MR) is 111 cm³/mol. The van der Waals surface area contributed by atoms with Crippen molar-refractivity contribution in [2.45, 2.75) is 47.1 Å². The third-order valence-electron chi connectivity index (χ3n) is 4.80. The molecule has 0 aliphatic carbocycles. The molecule has 0 aromatic carbocycles. The summed E-state index contributed by atoms with van der Waals surface area (Å²) >= 11 is 0. The van der Waals surface area contributed by atoms with Gasteiger partial charge < -0.3 is 19.6 Å². The summed E-state index contributed by atoms with van der Waals surface area (Å²) < 4.78 is 6.85. The highest BCUT2D eigenvalue weighted by atomic mass is 16.5. The van der Waals surface area contributed by atoms with E-state index in [4.69, 9.17) is 4.52 Å². The zero-order valence-electron chi connectivity index (χ0n) is 18.4. The normalized spacial score (nSPS) is 15.0. The fourth-order valence-corrected chi connectivity index (χ4v) is 3.26. The molecule has 1 aliphatic heterocycles. The van der Waals surface area contributed by atoms with Gasteiger partial charge in [0.2, 0.25) is 11.8 Å². The summed E-state index contributed by atoms with van der Waals surface area (Å²) in [6.45, 7) is 10.0. The van der Waals surface area contributed by atoms with Crippen LogP contribution in [0.25, 0.3) is 0 Å². The van der Waals surface area contributed by atoms with Crippen LogP contribution in [0.15, 0.2) is 16.9 Å². The minimum absolute atomic E-state index is 0.0695. The van der Waals surface area contributed by atoms with Gasteiger partial charge in [-0.1, -0.05) is 25.9 Å². The van der Waals surface area contributed by atoms with Crippen LogP contribution in [0.2, 0.25) is 0 Å². The second-order valence-electron chi connectivity index (χ2n) is 8.74. The standard InChI is InChI=1S/C20H29N7O4/c1-5-25-8-9-26(19(30)18(25)29)7-6-15-23-17(31-24-15)13-27-12-14(11-21-27)22-16(28)10-20(2,3)4/h11-12H,5-10,13H2,1-4H3,(H,22,28). The molecule has 3 rings (SSSR count). The van der Waals surface area contributed by atoms with E-state index in [1.165, 1.54) is 9.80 Å². The van der Waals surface area contributed by atoms with Crippen LogP contribution in [0.3, 0.4) is 0 Å².